The Bertz CT molecular complexity index is 1180. The third kappa shape index (κ3) is 5.68. The van der Waals surface area contributed by atoms with Crippen molar-refractivity contribution in [1.82, 2.24) is 10.2 Å². The fourth-order valence-electron chi connectivity index (χ4n) is 5.35. The van der Waals surface area contributed by atoms with Gasteiger partial charge in [-0.1, -0.05) is 44.2 Å². The average molecular weight is 513 g/mol. The Morgan fingerprint density at radius 2 is 1.70 bits per heavy atom. The molecule has 4 rings (SSSR count). The molecule has 6 nitrogen and oxygen atoms in total. The lowest BCUT2D eigenvalue weighted by molar-refractivity contribution is -0.172. The minimum Gasteiger partial charge on any atom is -0.458 e. The summed E-state index contributed by atoms with van der Waals surface area (Å²) in [6, 6.07) is 7.26. The van der Waals surface area contributed by atoms with Gasteiger partial charge in [-0.05, 0) is 69.1 Å². The van der Waals surface area contributed by atoms with Crippen molar-refractivity contribution in [3.63, 3.8) is 0 Å². The number of hydrogen-bond acceptors (Lipinski definition) is 4. The minimum atomic E-state index is -1.55. The van der Waals surface area contributed by atoms with Crippen LogP contribution in [-0.2, 0) is 32.0 Å². The fourth-order valence-corrected chi connectivity index (χ4v) is 5.35. The number of carbonyl (C=O) groups excluding carboxylic acids is 3. The molecule has 1 saturated heterocycles. The van der Waals surface area contributed by atoms with E-state index in [0.29, 0.717) is 18.9 Å². The third-order valence-corrected chi connectivity index (χ3v) is 6.87. The van der Waals surface area contributed by atoms with Gasteiger partial charge in [0.25, 0.3) is 0 Å². The van der Waals surface area contributed by atoms with Crippen molar-refractivity contribution in [2.24, 2.45) is 11.8 Å². The molecule has 3 atom stereocenters. The van der Waals surface area contributed by atoms with Crippen molar-refractivity contribution in [3.05, 3.63) is 70.8 Å². The van der Waals surface area contributed by atoms with Crippen LogP contribution < -0.4 is 5.32 Å². The van der Waals surface area contributed by atoms with Gasteiger partial charge in [0.2, 0.25) is 11.8 Å². The van der Waals surface area contributed by atoms with Gasteiger partial charge in [-0.3, -0.25) is 9.59 Å². The minimum absolute atomic E-state index is 0.00399. The largest absolute Gasteiger partial charge is 0.458 e. The van der Waals surface area contributed by atoms with Gasteiger partial charge in [-0.25, -0.2) is 13.6 Å². The number of fused-ring (bicyclic) bond motifs is 1. The van der Waals surface area contributed by atoms with E-state index in [1.54, 1.807) is 20.8 Å². The monoisotopic (exact) mass is 512 g/mol. The van der Waals surface area contributed by atoms with Crippen LogP contribution in [0.15, 0.2) is 42.5 Å². The Morgan fingerprint density at radius 1 is 1.08 bits per heavy atom. The van der Waals surface area contributed by atoms with Crippen molar-refractivity contribution >= 4 is 17.8 Å². The zero-order valence-electron chi connectivity index (χ0n) is 21.9. The predicted molar refractivity (Wildman–Crippen MR) is 134 cm³/mol. The van der Waals surface area contributed by atoms with Crippen LogP contribution in [0.5, 0.6) is 0 Å². The van der Waals surface area contributed by atoms with Gasteiger partial charge in [-0.15, -0.1) is 0 Å². The van der Waals surface area contributed by atoms with E-state index in [9.17, 15) is 18.8 Å². The van der Waals surface area contributed by atoms with Crippen LogP contribution in [0.25, 0.3) is 0 Å². The Labute approximate surface area is 216 Å². The molecule has 2 aromatic carbocycles. The van der Waals surface area contributed by atoms with Crippen molar-refractivity contribution < 1.29 is 27.9 Å². The quantitative estimate of drug-likeness (QED) is 0.578. The topological polar surface area (TPSA) is 75.7 Å². The maximum Gasteiger partial charge on any atom is 0.334 e. The molecule has 0 aromatic heterocycles. The number of piperazine rings is 1. The summed E-state index contributed by atoms with van der Waals surface area (Å²) >= 11 is 0. The van der Waals surface area contributed by atoms with Gasteiger partial charge in [0.05, 0.1) is 0 Å². The molecule has 8 heteroatoms. The smallest absolute Gasteiger partial charge is 0.334 e. The number of halogens is 2. The molecule has 0 spiro atoms. The number of rotatable bonds is 6. The SMILES string of the molecule is CC(C)C[C@@H]1C(=O)N[C@H](C2Cc3ccccc3C2)C(=O)N1[C@@H](C(=O)OC(C)(C)C)c1ccc(F)cc1F. The number of nitrogens with one attached hydrogen (secondary N) is 1. The zero-order valence-corrected chi connectivity index (χ0v) is 21.9. The molecule has 0 unspecified atom stereocenters. The van der Waals surface area contributed by atoms with E-state index in [0.717, 1.165) is 23.3 Å². The maximum absolute atomic E-state index is 15.2. The summed E-state index contributed by atoms with van der Waals surface area (Å²) < 4.78 is 34.6. The summed E-state index contributed by atoms with van der Waals surface area (Å²) in [5.74, 6) is -3.75. The molecule has 37 heavy (non-hydrogen) atoms. The second-order valence-electron chi connectivity index (χ2n) is 11.4. The van der Waals surface area contributed by atoms with E-state index < -0.39 is 53.1 Å². The van der Waals surface area contributed by atoms with Crippen molar-refractivity contribution in [2.75, 3.05) is 0 Å². The highest BCUT2D eigenvalue weighted by Gasteiger charge is 2.50. The van der Waals surface area contributed by atoms with E-state index in [2.05, 4.69) is 5.32 Å². The van der Waals surface area contributed by atoms with Crippen LogP contribution >= 0.6 is 0 Å². The van der Waals surface area contributed by atoms with Crippen LogP contribution in [-0.4, -0.2) is 40.4 Å². The number of amides is 2. The zero-order chi connectivity index (χ0) is 27.1. The highest BCUT2D eigenvalue weighted by Crippen LogP contribution is 2.37. The first kappa shape index (κ1) is 26.8. The average Bonchev–Trinajstić information content (AvgIpc) is 3.22. The normalized spacial score (nSPS) is 21.1. The molecule has 2 amide bonds. The summed E-state index contributed by atoms with van der Waals surface area (Å²) in [5, 5.41) is 2.91. The molecular weight excluding hydrogens is 478 g/mol. The molecule has 2 aromatic rings. The molecule has 0 radical (unpaired) electrons. The lowest BCUT2D eigenvalue weighted by Gasteiger charge is -2.45. The van der Waals surface area contributed by atoms with Crippen LogP contribution in [0, 0.1) is 23.5 Å². The summed E-state index contributed by atoms with van der Waals surface area (Å²) in [6.45, 7) is 8.79. The summed E-state index contributed by atoms with van der Waals surface area (Å²) in [7, 11) is 0. The second-order valence-corrected chi connectivity index (χ2v) is 11.4. The van der Waals surface area contributed by atoms with Crippen LogP contribution in [0.4, 0.5) is 8.78 Å². The first-order valence-corrected chi connectivity index (χ1v) is 12.7. The number of hydrogen-bond donors (Lipinski definition) is 1. The van der Waals surface area contributed by atoms with Gasteiger partial charge in [0.15, 0.2) is 6.04 Å². The molecule has 0 saturated carbocycles. The van der Waals surface area contributed by atoms with Crippen molar-refractivity contribution in [3.8, 4) is 0 Å². The molecule has 0 bridgehead atoms. The Morgan fingerprint density at radius 3 is 2.24 bits per heavy atom. The molecule has 198 valence electrons. The van der Waals surface area contributed by atoms with Gasteiger partial charge in [0, 0.05) is 11.6 Å². The number of carbonyl (C=O) groups is 3. The summed E-state index contributed by atoms with van der Waals surface area (Å²) in [5.41, 5.74) is 1.07. The molecule has 1 aliphatic carbocycles. The predicted octanol–water partition coefficient (Wildman–Crippen LogP) is 4.50. The fraction of sp³-hybridized carbons (Fsp3) is 0.483. The number of ether oxygens (including phenoxy) is 1. The van der Waals surface area contributed by atoms with Crippen molar-refractivity contribution in [2.45, 2.75) is 77.6 Å². The molecule has 1 fully saturated rings. The standard InChI is InChI=1S/C29H34F2N2O4/c1-16(2)12-23-26(34)32-24(19-13-17-8-6-7-9-18(17)14-19)27(35)33(23)25(28(36)37-29(3,4)5)21-11-10-20(30)15-22(21)31/h6-11,15-16,19,23-25H,12-14H2,1-5H3,(H,32,34)/t23-,24-,25-/m1/s1. The van der Waals surface area contributed by atoms with Crippen LogP contribution in [0.1, 0.15) is 63.8 Å². The lowest BCUT2D eigenvalue weighted by atomic mass is 9.88. The van der Waals surface area contributed by atoms with E-state index >= 15 is 4.39 Å². The van der Waals surface area contributed by atoms with Gasteiger partial charge >= 0.3 is 5.97 Å². The molecule has 1 heterocycles. The number of nitrogens with zero attached hydrogens (tertiary/aromatic N) is 1. The summed E-state index contributed by atoms with van der Waals surface area (Å²) in [6.07, 6.45) is 1.45. The van der Waals surface area contributed by atoms with Gasteiger partial charge < -0.3 is 15.0 Å². The highest BCUT2D eigenvalue weighted by molar-refractivity contribution is 5.99. The Kier molecular flexibility index (Phi) is 7.40. The van der Waals surface area contributed by atoms with Gasteiger partial charge in [-0.2, -0.15) is 0 Å². The lowest BCUT2D eigenvalue weighted by Crippen LogP contribution is -2.67. The summed E-state index contributed by atoms with van der Waals surface area (Å²) in [4.78, 5) is 42.4. The number of esters is 1. The number of benzene rings is 2. The van der Waals surface area contributed by atoms with Gasteiger partial charge in [0.1, 0.15) is 29.3 Å². The second kappa shape index (κ2) is 10.2. The maximum atomic E-state index is 15.2. The molecular formula is C29H34F2N2O4. The first-order valence-electron chi connectivity index (χ1n) is 12.7. The molecule has 1 N–H and O–H groups in total. The van der Waals surface area contributed by atoms with Crippen LogP contribution in [0.2, 0.25) is 0 Å². The van der Waals surface area contributed by atoms with E-state index in [-0.39, 0.29) is 23.8 Å². The molecule has 1 aliphatic heterocycles. The third-order valence-electron chi connectivity index (χ3n) is 6.87. The Hall–Kier alpha value is -3.29. The van der Waals surface area contributed by atoms with E-state index in [4.69, 9.17) is 4.74 Å². The first-order chi connectivity index (χ1) is 17.4. The van der Waals surface area contributed by atoms with Crippen LogP contribution in [0.3, 0.4) is 0 Å². The highest BCUT2D eigenvalue weighted by atomic mass is 19.1. The van der Waals surface area contributed by atoms with E-state index in [1.807, 2.05) is 38.1 Å². The molecule has 2 aliphatic rings. The van der Waals surface area contributed by atoms with Crippen molar-refractivity contribution in [1.29, 1.82) is 0 Å². The Balaban J connectivity index is 1.79. The van der Waals surface area contributed by atoms with E-state index in [1.165, 1.54) is 4.90 Å².